The average Bonchev–Trinajstić information content (AvgIpc) is 2.86. The molecule has 188 valence electrons. The fourth-order valence-corrected chi connectivity index (χ4v) is 4.27. The van der Waals surface area contributed by atoms with E-state index in [-0.39, 0.29) is 25.4 Å². The van der Waals surface area contributed by atoms with Gasteiger partial charge in [0, 0.05) is 64.5 Å². The Hall–Kier alpha value is -3.80. The number of rotatable bonds is 8. The molecule has 1 aromatic heterocycles. The minimum absolute atomic E-state index is 0.105. The molecule has 0 bridgehead atoms. The lowest BCUT2D eigenvalue weighted by molar-refractivity contribution is -0.189. The molecule has 0 spiro atoms. The number of carbonyl (C=O) groups excluding carboxylic acids is 4. The first-order valence-electron chi connectivity index (χ1n) is 11.0. The standard InChI is InChI=1S/C22H28N6O7/c1-35-22(4-13-29)21(34)27(15-19(31)32)11-12-28(22)20(33)17(23)14-18(30)26-9-7-25(8-10-26)16-2-5-24-6-3-16/h2-6,17H,7-12,14-15,23H2,1H3,(H,31,32)/t17-,22-/m0/s1. The normalized spacial score (nSPS) is 21.4. The van der Waals surface area contributed by atoms with Gasteiger partial charge in [0.05, 0.1) is 18.5 Å². The van der Waals surface area contributed by atoms with Gasteiger partial charge in [-0.3, -0.25) is 29.1 Å². The van der Waals surface area contributed by atoms with E-state index in [9.17, 15) is 24.0 Å². The molecule has 2 aliphatic heterocycles. The Bertz CT molecular complexity index is 1010. The van der Waals surface area contributed by atoms with Crippen molar-refractivity contribution in [2.24, 2.45) is 5.73 Å². The molecule has 13 heteroatoms. The van der Waals surface area contributed by atoms with Gasteiger partial charge in [-0.2, -0.15) is 0 Å². The van der Waals surface area contributed by atoms with Crippen molar-refractivity contribution in [1.82, 2.24) is 19.7 Å². The van der Waals surface area contributed by atoms with Crippen molar-refractivity contribution in [1.29, 1.82) is 0 Å². The number of carbonyl (C=O) groups is 4. The molecule has 0 aromatic carbocycles. The van der Waals surface area contributed by atoms with Gasteiger partial charge in [0.15, 0.2) is 0 Å². The average molecular weight is 489 g/mol. The van der Waals surface area contributed by atoms with E-state index in [0.717, 1.165) is 22.6 Å². The zero-order chi connectivity index (χ0) is 25.6. The predicted molar refractivity (Wildman–Crippen MR) is 122 cm³/mol. The summed E-state index contributed by atoms with van der Waals surface area (Å²) in [6.45, 7) is 1.23. The minimum atomic E-state index is -2.19. The van der Waals surface area contributed by atoms with E-state index >= 15 is 0 Å². The summed E-state index contributed by atoms with van der Waals surface area (Å²) in [4.78, 5) is 70.9. The zero-order valence-corrected chi connectivity index (χ0v) is 19.3. The van der Waals surface area contributed by atoms with E-state index in [1.165, 1.54) is 5.94 Å². The van der Waals surface area contributed by atoms with Gasteiger partial charge in [-0.1, -0.05) is 0 Å². The van der Waals surface area contributed by atoms with Gasteiger partial charge in [-0.15, -0.1) is 0 Å². The van der Waals surface area contributed by atoms with E-state index in [4.69, 9.17) is 15.6 Å². The summed E-state index contributed by atoms with van der Waals surface area (Å²) in [5, 5.41) is 9.05. The molecule has 2 atom stereocenters. The molecule has 2 saturated heterocycles. The highest BCUT2D eigenvalue weighted by Gasteiger charge is 2.52. The van der Waals surface area contributed by atoms with Crippen molar-refractivity contribution in [2.45, 2.75) is 18.2 Å². The number of piperazine rings is 2. The fraction of sp³-hybridized carbons (Fsp3) is 0.500. The van der Waals surface area contributed by atoms with E-state index < -0.39 is 36.1 Å². The lowest BCUT2D eigenvalue weighted by Crippen LogP contribution is -2.69. The van der Waals surface area contributed by atoms with Crippen LogP contribution in [0.25, 0.3) is 0 Å². The maximum atomic E-state index is 13.2. The Balaban J connectivity index is 1.65. The van der Waals surface area contributed by atoms with E-state index in [1.54, 1.807) is 17.3 Å². The summed E-state index contributed by atoms with van der Waals surface area (Å²) in [7, 11) is 1.11. The van der Waals surface area contributed by atoms with Crippen LogP contribution in [0, 0.1) is 0 Å². The van der Waals surface area contributed by atoms with Gasteiger partial charge < -0.3 is 30.3 Å². The highest BCUT2D eigenvalue weighted by Crippen LogP contribution is 2.26. The second-order valence-electron chi connectivity index (χ2n) is 8.16. The number of amides is 3. The Morgan fingerprint density at radius 1 is 1.20 bits per heavy atom. The van der Waals surface area contributed by atoms with E-state index in [2.05, 4.69) is 9.88 Å². The molecule has 3 N–H and O–H groups in total. The molecule has 3 heterocycles. The Morgan fingerprint density at radius 3 is 2.43 bits per heavy atom. The first-order chi connectivity index (χ1) is 16.7. The van der Waals surface area contributed by atoms with Gasteiger partial charge in [-0.05, 0) is 12.1 Å². The van der Waals surface area contributed by atoms with Crippen LogP contribution in [-0.2, 0) is 28.7 Å². The van der Waals surface area contributed by atoms with Gasteiger partial charge in [0.2, 0.25) is 11.8 Å². The largest absolute Gasteiger partial charge is 0.480 e. The Kier molecular flexibility index (Phi) is 8.18. The minimum Gasteiger partial charge on any atom is -0.480 e. The highest BCUT2D eigenvalue weighted by atomic mass is 16.5. The lowest BCUT2D eigenvalue weighted by atomic mass is 10.0. The number of aromatic nitrogens is 1. The van der Waals surface area contributed by atoms with Crippen molar-refractivity contribution in [3.63, 3.8) is 0 Å². The SMILES string of the molecule is CO[C@@]1(C=C=O)C(=O)N(CC(=O)O)CCN1C(=O)[C@@H](N)CC(=O)N1CCN(c2ccncc2)CC1. The van der Waals surface area contributed by atoms with Crippen molar-refractivity contribution >= 4 is 35.3 Å². The maximum absolute atomic E-state index is 13.2. The molecular formula is C22H28N6O7. The number of carboxylic acids is 1. The molecule has 35 heavy (non-hydrogen) atoms. The first-order valence-corrected chi connectivity index (χ1v) is 11.0. The number of pyridine rings is 1. The second-order valence-corrected chi connectivity index (χ2v) is 8.16. The van der Waals surface area contributed by atoms with Crippen molar-refractivity contribution < 1.29 is 33.8 Å². The van der Waals surface area contributed by atoms with Crippen LogP contribution in [-0.4, -0.2) is 119 Å². The van der Waals surface area contributed by atoms with Crippen LogP contribution < -0.4 is 10.6 Å². The smallest absolute Gasteiger partial charge is 0.323 e. The third kappa shape index (κ3) is 5.48. The summed E-state index contributed by atoms with van der Waals surface area (Å²) in [6.07, 6.45) is 3.81. The summed E-state index contributed by atoms with van der Waals surface area (Å²) in [5.74, 6) is -1.80. The molecule has 0 saturated carbocycles. The topological polar surface area (TPSA) is 167 Å². The molecule has 2 aliphatic rings. The van der Waals surface area contributed by atoms with Gasteiger partial charge in [0.1, 0.15) is 12.5 Å². The van der Waals surface area contributed by atoms with Crippen LogP contribution in [0.4, 0.5) is 5.69 Å². The quantitative estimate of drug-likeness (QED) is 0.388. The number of ether oxygens (including phenoxy) is 1. The number of anilines is 1. The first kappa shape index (κ1) is 25.8. The zero-order valence-electron chi connectivity index (χ0n) is 19.3. The second kappa shape index (κ2) is 11.1. The third-order valence-electron chi connectivity index (χ3n) is 6.12. The third-order valence-corrected chi connectivity index (χ3v) is 6.12. The molecule has 3 amide bonds. The number of carboxylic acid groups (broad SMARTS) is 1. The Morgan fingerprint density at radius 2 is 1.86 bits per heavy atom. The summed E-state index contributed by atoms with van der Waals surface area (Å²) >= 11 is 0. The highest BCUT2D eigenvalue weighted by molar-refractivity contribution is 5.98. The maximum Gasteiger partial charge on any atom is 0.323 e. The number of hydrogen-bond donors (Lipinski definition) is 2. The van der Waals surface area contributed by atoms with Crippen LogP contribution in [0.15, 0.2) is 30.6 Å². The van der Waals surface area contributed by atoms with Gasteiger partial charge in [-0.25, -0.2) is 4.79 Å². The molecule has 0 unspecified atom stereocenters. The van der Waals surface area contributed by atoms with Crippen molar-refractivity contribution in [3.05, 3.63) is 30.6 Å². The van der Waals surface area contributed by atoms with Crippen LogP contribution in [0.1, 0.15) is 6.42 Å². The molecule has 1 aromatic rings. The van der Waals surface area contributed by atoms with Crippen molar-refractivity contribution in [3.8, 4) is 0 Å². The van der Waals surface area contributed by atoms with Gasteiger partial charge >= 0.3 is 5.97 Å². The molecular weight excluding hydrogens is 460 g/mol. The number of nitrogens with zero attached hydrogens (tertiary/aromatic N) is 5. The van der Waals surface area contributed by atoms with Crippen molar-refractivity contribution in [2.75, 3.05) is 57.8 Å². The van der Waals surface area contributed by atoms with Crippen LogP contribution >= 0.6 is 0 Å². The van der Waals surface area contributed by atoms with Crippen LogP contribution in [0.5, 0.6) is 0 Å². The van der Waals surface area contributed by atoms with Gasteiger partial charge in [0.25, 0.3) is 11.6 Å². The lowest BCUT2D eigenvalue weighted by Gasteiger charge is -2.46. The number of hydrogen-bond acceptors (Lipinski definition) is 9. The van der Waals surface area contributed by atoms with E-state index in [1.807, 2.05) is 12.1 Å². The monoisotopic (exact) mass is 488 g/mol. The molecule has 0 radical (unpaired) electrons. The molecule has 3 rings (SSSR count). The summed E-state index contributed by atoms with van der Waals surface area (Å²) in [5.41, 5.74) is 4.88. The Labute approximate surface area is 201 Å². The summed E-state index contributed by atoms with van der Waals surface area (Å²) < 4.78 is 5.24. The molecule has 2 fully saturated rings. The predicted octanol–water partition coefficient (Wildman–Crippen LogP) is -2.07. The van der Waals surface area contributed by atoms with Crippen LogP contribution in [0.3, 0.4) is 0 Å². The number of aliphatic carboxylic acids is 1. The van der Waals surface area contributed by atoms with Crippen LogP contribution in [0.2, 0.25) is 0 Å². The summed E-state index contributed by atoms with van der Waals surface area (Å²) in [6, 6.07) is 2.48. The molecule has 13 nitrogen and oxygen atoms in total. The number of methoxy groups -OCH3 is 1. The number of nitrogens with two attached hydrogens (primary N) is 1. The fourth-order valence-electron chi connectivity index (χ4n) is 4.27. The molecule has 0 aliphatic carbocycles. The van der Waals surface area contributed by atoms with E-state index in [0.29, 0.717) is 32.3 Å².